The highest BCUT2D eigenvalue weighted by molar-refractivity contribution is 8.00. The molecule has 2 heterocycles. The number of thioether (sulfide) groups is 1. The van der Waals surface area contributed by atoms with E-state index in [4.69, 9.17) is 0 Å². The number of aromatic nitrogens is 3. The minimum Gasteiger partial charge on any atom is -0.349 e. The van der Waals surface area contributed by atoms with Gasteiger partial charge in [0.2, 0.25) is 0 Å². The van der Waals surface area contributed by atoms with E-state index in [1.54, 1.807) is 6.33 Å². The number of rotatable bonds is 2. The highest BCUT2D eigenvalue weighted by Gasteiger charge is 2.28. The fourth-order valence-corrected chi connectivity index (χ4v) is 3.27. The molecule has 6 nitrogen and oxygen atoms in total. The van der Waals surface area contributed by atoms with E-state index in [-0.39, 0.29) is 4.75 Å². The first-order chi connectivity index (χ1) is 9.02. The van der Waals surface area contributed by atoms with E-state index in [0.717, 1.165) is 30.6 Å². The molecule has 0 aliphatic carbocycles. The molecule has 7 heteroatoms. The summed E-state index contributed by atoms with van der Waals surface area (Å²) in [5, 5.41) is 11.3. The highest BCUT2D eigenvalue weighted by Crippen LogP contribution is 2.29. The van der Waals surface area contributed by atoms with Crippen LogP contribution in [0.3, 0.4) is 0 Å². The SMILES string of the molecule is CN=C(NCc1nncn1C)N1CCSC(C)(C)C1. The van der Waals surface area contributed by atoms with Crippen molar-refractivity contribution in [2.24, 2.45) is 12.0 Å². The Labute approximate surface area is 118 Å². The Kier molecular flexibility index (Phi) is 4.34. The predicted molar refractivity (Wildman–Crippen MR) is 79.3 cm³/mol. The highest BCUT2D eigenvalue weighted by atomic mass is 32.2. The lowest BCUT2D eigenvalue weighted by molar-refractivity contribution is 0.375. The average Bonchev–Trinajstić information content (AvgIpc) is 2.75. The summed E-state index contributed by atoms with van der Waals surface area (Å²) in [5.74, 6) is 2.99. The van der Waals surface area contributed by atoms with Gasteiger partial charge in [-0.05, 0) is 13.8 Å². The number of hydrogen-bond acceptors (Lipinski definition) is 4. The second-order valence-electron chi connectivity index (χ2n) is 5.29. The van der Waals surface area contributed by atoms with Crippen LogP contribution >= 0.6 is 11.8 Å². The fraction of sp³-hybridized carbons (Fsp3) is 0.750. The molecule has 0 unspecified atom stereocenters. The molecule has 0 spiro atoms. The number of aryl methyl sites for hydroxylation is 1. The minimum atomic E-state index is 0.278. The predicted octanol–water partition coefficient (Wildman–Crippen LogP) is 0.718. The number of guanidine groups is 1. The van der Waals surface area contributed by atoms with Gasteiger partial charge >= 0.3 is 0 Å². The van der Waals surface area contributed by atoms with E-state index in [1.807, 2.05) is 30.4 Å². The molecule has 1 fully saturated rings. The van der Waals surface area contributed by atoms with E-state index in [2.05, 4.69) is 39.3 Å². The summed E-state index contributed by atoms with van der Waals surface area (Å²) in [7, 11) is 3.77. The summed E-state index contributed by atoms with van der Waals surface area (Å²) in [5.41, 5.74) is 0. The summed E-state index contributed by atoms with van der Waals surface area (Å²) in [6.45, 7) is 7.25. The third-order valence-electron chi connectivity index (χ3n) is 3.15. The topological polar surface area (TPSA) is 58.3 Å². The molecule has 0 amide bonds. The van der Waals surface area contributed by atoms with Gasteiger partial charge in [-0.25, -0.2) is 0 Å². The smallest absolute Gasteiger partial charge is 0.194 e. The minimum absolute atomic E-state index is 0.278. The van der Waals surface area contributed by atoms with Crippen molar-refractivity contribution in [3.05, 3.63) is 12.2 Å². The molecule has 106 valence electrons. The fourth-order valence-electron chi connectivity index (χ4n) is 2.15. The Morgan fingerprint density at radius 1 is 1.58 bits per heavy atom. The maximum atomic E-state index is 4.37. The van der Waals surface area contributed by atoms with Gasteiger partial charge in [0, 0.05) is 37.7 Å². The molecule has 1 aliphatic rings. The van der Waals surface area contributed by atoms with Crippen molar-refractivity contribution in [3.63, 3.8) is 0 Å². The summed E-state index contributed by atoms with van der Waals surface area (Å²) >= 11 is 2.02. The number of hydrogen-bond donors (Lipinski definition) is 1. The molecule has 0 aromatic carbocycles. The number of nitrogens with one attached hydrogen (secondary N) is 1. The van der Waals surface area contributed by atoms with Gasteiger partial charge in [-0.15, -0.1) is 10.2 Å². The van der Waals surface area contributed by atoms with Crippen LogP contribution in [0.5, 0.6) is 0 Å². The van der Waals surface area contributed by atoms with Crippen molar-refractivity contribution in [3.8, 4) is 0 Å². The maximum absolute atomic E-state index is 4.37. The van der Waals surface area contributed by atoms with Gasteiger partial charge in [-0.3, -0.25) is 4.99 Å². The van der Waals surface area contributed by atoms with Crippen LogP contribution in [-0.4, -0.2) is 56.3 Å². The molecule has 0 atom stereocenters. The van der Waals surface area contributed by atoms with Crippen molar-refractivity contribution < 1.29 is 0 Å². The molecule has 0 bridgehead atoms. The quantitative estimate of drug-likeness (QED) is 0.640. The van der Waals surface area contributed by atoms with Crippen LogP contribution in [0, 0.1) is 0 Å². The molecule has 0 radical (unpaired) electrons. The summed E-state index contributed by atoms with van der Waals surface area (Å²) in [4.78, 5) is 6.68. The van der Waals surface area contributed by atoms with Gasteiger partial charge in [0.15, 0.2) is 11.8 Å². The van der Waals surface area contributed by atoms with E-state index >= 15 is 0 Å². The molecule has 1 saturated heterocycles. The Bertz CT molecular complexity index is 453. The molecule has 1 N–H and O–H groups in total. The molecular weight excluding hydrogens is 260 g/mol. The van der Waals surface area contributed by atoms with Crippen molar-refractivity contribution in [2.75, 3.05) is 25.9 Å². The Hall–Kier alpha value is -1.24. The first kappa shape index (κ1) is 14.2. The normalized spacial score (nSPS) is 19.6. The summed E-state index contributed by atoms with van der Waals surface area (Å²) in [6, 6.07) is 0. The average molecular weight is 282 g/mol. The van der Waals surface area contributed by atoms with Gasteiger partial charge in [0.25, 0.3) is 0 Å². The van der Waals surface area contributed by atoms with Crippen LogP contribution in [0.15, 0.2) is 11.3 Å². The lowest BCUT2D eigenvalue weighted by Gasteiger charge is -2.39. The van der Waals surface area contributed by atoms with Crippen molar-refractivity contribution in [1.29, 1.82) is 0 Å². The summed E-state index contributed by atoms with van der Waals surface area (Å²) < 4.78 is 2.19. The number of nitrogens with zero attached hydrogens (tertiary/aromatic N) is 5. The maximum Gasteiger partial charge on any atom is 0.194 e. The van der Waals surface area contributed by atoms with Gasteiger partial charge in [0.1, 0.15) is 6.33 Å². The van der Waals surface area contributed by atoms with Crippen molar-refractivity contribution in [2.45, 2.75) is 25.1 Å². The lowest BCUT2D eigenvalue weighted by atomic mass is 10.2. The Morgan fingerprint density at radius 3 is 2.95 bits per heavy atom. The van der Waals surface area contributed by atoms with E-state index in [1.165, 1.54) is 0 Å². The zero-order chi connectivity index (χ0) is 13.9. The zero-order valence-corrected chi connectivity index (χ0v) is 12.9. The van der Waals surface area contributed by atoms with Crippen LogP contribution in [0.1, 0.15) is 19.7 Å². The third kappa shape index (κ3) is 3.62. The lowest BCUT2D eigenvalue weighted by Crippen LogP contribution is -2.50. The second kappa shape index (κ2) is 5.81. The van der Waals surface area contributed by atoms with Crippen LogP contribution in [0.2, 0.25) is 0 Å². The van der Waals surface area contributed by atoms with Gasteiger partial charge in [0.05, 0.1) is 6.54 Å². The zero-order valence-electron chi connectivity index (χ0n) is 12.1. The van der Waals surface area contributed by atoms with Gasteiger partial charge in [-0.1, -0.05) is 0 Å². The first-order valence-electron chi connectivity index (χ1n) is 6.44. The second-order valence-corrected chi connectivity index (χ2v) is 7.09. The molecule has 19 heavy (non-hydrogen) atoms. The van der Waals surface area contributed by atoms with E-state index in [0.29, 0.717) is 6.54 Å². The standard InChI is InChI=1S/C12H22N6S/c1-12(2)8-18(5-6-19-12)11(13-3)14-7-10-16-15-9-17(10)4/h9H,5-8H2,1-4H3,(H,13,14). The van der Waals surface area contributed by atoms with E-state index in [9.17, 15) is 0 Å². The molecule has 0 saturated carbocycles. The number of aliphatic imine (C=N–C) groups is 1. The summed E-state index contributed by atoms with van der Waals surface area (Å²) in [6.07, 6.45) is 1.71. The monoisotopic (exact) mass is 282 g/mol. The first-order valence-corrected chi connectivity index (χ1v) is 7.43. The van der Waals surface area contributed by atoms with Crippen LogP contribution in [0.4, 0.5) is 0 Å². The molecule has 2 rings (SSSR count). The van der Waals surface area contributed by atoms with Crippen molar-refractivity contribution >= 4 is 17.7 Å². The van der Waals surface area contributed by atoms with Crippen LogP contribution in [-0.2, 0) is 13.6 Å². The van der Waals surface area contributed by atoms with Gasteiger partial charge < -0.3 is 14.8 Å². The van der Waals surface area contributed by atoms with Crippen LogP contribution < -0.4 is 5.32 Å². The van der Waals surface area contributed by atoms with Gasteiger partial charge in [-0.2, -0.15) is 11.8 Å². The molecule has 1 aromatic heterocycles. The molecule has 1 aliphatic heterocycles. The third-order valence-corrected chi connectivity index (χ3v) is 4.44. The Morgan fingerprint density at radius 2 is 2.37 bits per heavy atom. The largest absolute Gasteiger partial charge is 0.349 e. The Balaban J connectivity index is 1.95. The molecular formula is C12H22N6S. The molecule has 1 aromatic rings. The van der Waals surface area contributed by atoms with E-state index < -0.39 is 0 Å². The van der Waals surface area contributed by atoms with Crippen molar-refractivity contribution in [1.82, 2.24) is 25.0 Å². The van der Waals surface area contributed by atoms with Crippen LogP contribution in [0.25, 0.3) is 0 Å².